The number of nitrogen functional groups attached to an aromatic ring is 1. The Morgan fingerprint density at radius 2 is 1.74 bits per heavy atom. The van der Waals surface area contributed by atoms with Crippen LogP contribution in [0.5, 0.6) is 0 Å². The normalized spacial score (nSPS) is 10.6. The van der Waals surface area contributed by atoms with Crippen LogP contribution in [0.25, 0.3) is 16.8 Å². The number of anilines is 1. The van der Waals surface area contributed by atoms with E-state index in [1.807, 2.05) is 55.5 Å². The third-order valence-electron chi connectivity index (χ3n) is 4.80. The number of para-hydroxylation sites is 1. The minimum atomic E-state index is -0.206. The van der Waals surface area contributed by atoms with E-state index in [1.165, 1.54) is 0 Å². The van der Waals surface area contributed by atoms with Crippen molar-refractivity contribution < 1.29 is 0 Å². The number of pyridine rings is 1. The minimum absolute atomic E-state index is 0.206. The molecule has 136 valence electrons. The first-order chi connectivity index (χ1) is 13.1. The van der Waals surface area contributed by atoms with Crippen LogP contribution >= 0.6 is 0 Å². The number of nitrogens with two attached hydrogens (primary N) is 1. The van der Waals surface area contributed by atoms with Crippen LogP contribution < -0.4 is 11.3 Å². The van der Waals surface area contributed by atoms with Gasteiger partial charge in [0, 0.05) is 16.8 Å². The van der Waals surface area contributed by atoms with E-state index in [0.29, 0.717) is 5.56 Å². The molecule has 0 saturated heterocycles. The van der Waals surface area contributed by atoms with E-state index >= 15 is 0 Å². The Balaban J connectivity index is 2.32. The summed E-state index contributed by atoms with van der Waals surface area (Å²) in [6.07, 6.45) is 2.82. The molecule has 3 rings (SSSR count). The lowest BCUT2D eigenvalue weighted by Crippen LogP contribution is -2.26. The van der Waals surface area contributed by atoms with Gasteiger partial charge >= 0.3 is 0 Å². The third-order valence-corrected chi connectivity index (χ3v) is 4.80. The zero-order chi connectivity index (χ0) is 19.4. The highest BCUT2D eigenvalue weighted by atomic mass is 16.1. The molecule has 1 aromatic heterocycles. The van der Waals surface area contributed by atoms with Gasteiger partial charge in [0.05, 0.1) is 17.3 Å². The van der Waals surface area contributed by atoms with Crippen molar-refractivity contribution in [2.24, 2.45) is 0 Å². The van der Waals surface area contributed by atoms with Crippen molar-refractivity contribution in [1.82, 2.24) is 4.57 Å². The van der Waals surface area contributed by atoms with Gasteiger partial charge < -0.3 is 5.73 Å². The molecule has 0 fully saturated rings. The fourth-order valence-electron chi connectivity index (χ4n) is 3.33. The fraction of sp³-hybridized carbons (Fsp3) is 0.217. The van der Waals surface area contributed by atoms with E-state index < -0.39 is 0 Å². The summed E-state index contributed by atoms with van der Waals surface area (Å²) in [7, 11) is 0. The average Bonchev–Trinajstić information content (AvgIpc) is 2.70. The van der Waals surface area contributed by atoms with E-state index in [2.05, 4.69) is 13.0 Å². The highest BCUT2D eigenvalue weighted by Crippen LogP contribution is 2.30. The molecule has 0 spiro atoms. The molecule has 0 aliphatic rings. The Bertz CT molecular complexity index is 1070. The number of aryl methyl sites for hydroxylation is 2. The highest BCUT2D eigenvalue weighted by molar-refractivity contribution is 5.78. The lowest BCUT2D eigenvalue weighted by molar-refractivity contribution is 0.744. The van der Waals surface area contributed by atoms with Gasteiger partial charge in [0.15, 0.2) is 0 Å². The number of aromatic nitrogens is 1. The van der Waals surface area contributed by atoms with Crippen LogP contribution in [-0.2, 0) is 6.42 Å². The van der Waals surface area contributed by atoms with Crippen LogP contribution in [0.2, 0.25) is 0 Å². The standard InChI is InChI=1S/C23H23N3O/c1-3-4-10-18-14-16(2)22(25)23(27)26(18)21-13-8-7-12-20(21)19-11-6-5-9-17(19)15-24/h5-9,11-14H,3-4,10,25H2,1-2H3. The van der Waals surface area contributed by atoms with Crippen LogP contribution in [-0.4, -0.2) is 4.57 Å². The van der Waals surface area contributed by atoms with E-state index in [9.17, 15) is 10.1 Å². The number of benzene rings is 2. The maximum absolute atomic E-state index is 13.1. The van der Waals surface area contributed by atoms with Gasteiger partial charge in [-0.1, -0.05) is 49.7 Å². The van der Waals surface area contributed by atoms with Gasteiger partial charge in [-0.15, -0.1) is 0 Å². The molecule has 1 heterocycles. The summed E-state index contributed by atoms with van der Waals surface area (Å²) in [5, 5.41) is 9.51. The molecular weight excluding hydrogens is 334 g/mol. The van der Waals surface area contributed by atoms with Crippen LogP contribution in [0.3, 0.4) is 0 Å². The molecule has 3 aromatic rings. The van der Waals surface area contributed by atoms with Crippen molar-refractivity contribution in [2.45, 2.75) is 33.1 Å². The second kappa shape index (κ2) is 7.92. The summed E-state index contributed by atoms with van der Waals surface area (Å²) in [5.41, 5.74) is 10.9. The second-order valence-electron chi connectivity index (χ2n) is 6.65. The predicted molar refractivity (Wildman–Crippen MR) is 110 cm³/mol. The summed E-state index contributed by atoms with van der Waals surface area (Å²) in [6.45, 7) is 4.00. The van der Waals surface area contributed by atoms with Crippen LogP contribution in [0, 0.1) is 18.3 Å². The second-order valence-corrected chi connectivity index (χ2v) is 6.65. The lowest BCUT2D eigenvalue weighted by Gasteiger charge is -2.19. The molecule has 4 heteroatoms. The minimum Gasteiger partial charge on any atom is -0.394 e. The number of hydrogen-bond donors (Lipinski definition) is 1. The van der Waals surface area contributed by atoms with Crippen molar-refractivity contribution in [3.05, 3.63) is 81.8 Å². The van der Waals surface area contributed by atoms with Gasteiger partial charge in [-0.2, -0.15) is 5.26 Å². The molecule has 0 aliphatic heterocycles. The molecule has 0 saturated carbocycles. The Kier molecular flexibility index (Phi) is 5.42. The highest BCUT2D eigenvalue weighted by Gasteiger charge is 2.16. The SMILES string of the molecule is CCCCc1cc(C)c(N)c(=O)n1-c1ccccc1-c1ccccc1C#N. The average molecular weight is 357 g/mol. The summed E-state index contributed by atoms with van der Waals surface area (Å²) < 4.78 is 1.71. The molecule has 0 aliphatic carbocycles. The smallest absolute Gasteiger partial charge is 0.278 e. The third kappa shape index (κ3) is 3.50. The molecule has 0 amide bonds. The maximum Gasteiger partial charge on any atom is 0.278 e. The molecule has 2 N–H and O–H groups in total. The first-order valence-corrected chi connectivity index (χ1v) is 9.18. The number of nitrogens with zero attached hydrogens (tertiary/aromatic N) is 2. The van der Waals surface area contributed by atoms with Gasteiger partial charge in [0.25, 0.3) is 5.56 Å². The largest absolute Gasteiger partial charge is 0.394 e. The van der Waals surface area contributed by atoms with Crippen molar-refractivity contribution in [3.63, 3.8) is 0 Å². The summed E-state index contributed by atoms with van der Waals surface area (Å²) in [4.78, 5) is 13.1. The Morgan fingerprint density at radius 1 is 1.07 bits per heavy atom. The maximum atomic E-state index is 13.1. The predicted octanol–water partition coefficient (Wildman–Crippen LogP) is 4.61. The monoisotopic (exact) mass is 357 g/mol. The van der Waals surface area contributed by atoms with Crippen molar-refractivity contribution in [1.29, 1.82) is 5.26 Å². The molecule has 2 aromatic carbocycles. The van der Waals surface area contributed by atoms with Gasteiger partial charge in [0.2, 0.25) is 0 Å². The first-order valence-electron chi connectivity index (χ1n) is 9.18. The van der Waals surface area contributed by atoms with Gasteiger partial charge in [0.1, 0.15) is 5.69 Å². The Hall–Kier alpha value is -3.32. The van der Waals surface area contributed by atoms with Gasteiger partial charge in [-0.05, 0) is 43.5 Å². The number of rotatable bonds is 5. The van der Waals surface area contributed by atoms with Crippen LogP contribution in [0.4, 0.5) is 5.69 Å². The van der Waals surface area contributed by atoms with Crippen molar-refractivity contribution >= 4 is 5.69 Å². The van der Waals surface area contributed by atoms with Gasteiger partial charge in [-0.3, -0.25) is 9.36 Å². The molecule has 0 atom stereocenters. The summed E-state index contributed by atoms with van der Waals surface area (Å²) >= 11 is 0. The van der Waals surface area contributed by atoms with Crippen molar-refractivity contribution in [3.8, 4) is 22.9 Å². The van der Waals surface area contributed by atoms with Crippen LogP contribution in [0.15, 0.2) is 59.4 Å². The summed E-state index contributed by atoms with van der Waals surface area (Å²) in [6, 6.07) is 19.4. The summed E-state index contributed by atoms with van der Waals surface area (Å²) in [5.74, 6) is 0. The quantitative estimate of drug-likeness (QED) is 0.725. The number of nitriles is 1. The van der Waals surface area contributed by atoms with Gasteiger partial charge in [-0.25, -0.2) is 0 Å². The zero-order valence-corrected chi connectivity index (χ0v) is 15.7. The van der Waals surface area contributed by atoms with E-state index in [1.54, 1.807) is 10.6 Å². The molecule has 27 heavy (non-hydrogen) atoms. The zero-order valence-electron chi connectivity index (χ0n) is 15.7. The Morgan fingerprint density at radius 3 is 2.44 bits per heavy atom. The van der Waals surface area contributed by atoms with E-state index in [4.69, 9.17) is 5.73 Å². The van der Waals surface area contributed by atoms with Crippen LogP contribution in [0.1, 0.15) is 36.6 Å². The van der Waals surface area contributed by atoms with E-state index in [0.717, 1.165) is 47.3 Å². The molecule has 0 unspecified atom stereocenters. The first kappa shape index (κ1) is 18.5. The number of unbranched alkanes of at least 4 members (excludes halogenated alkanes) is 1. The Labute approximate surface area is 159 Å². The molecule has 4 nitrogen and oxygen atoms in total. The topological polar surface area (TPSA) is 71.8 Å². The number of hydrogen-bond acceptors (Lipinski definition) is 3. The lowest BCUT2D eigenvalue weighted by atomic mass is 9.98. The molecular formula is C23H23N3O. The molecule has 0 bridgehead atoms. The van der Waals surface area contributed by atoms with E-state index in [-0.39, 0.29) is 11.2 Å². The van der Waals surface area contributed by atoms with Crippen molar-refractivity contribution in [2.75, 3.05) is 5.73 Å². The molecule has 0 radical (unpaired) electrons. The fourth-order valence-corrected chi connectivity index (χ4v) is 3.33.